The molecular weight excluding hydrogens is 210 g/mol. The molecule has 1 aliphatic rings. The van der Waals surface area contributed by atoms with E-state index in [0.717, 1.165) is 17.5 Å². The first kappa shape index (κ1) is 11.0. The molecule has 1 fully saturated rings. The Morgan fingerprint density at radius 1 is 1.60 bits per heavy atom. The number of rotatable bonds is 3. The summed E-state index contributed by atoms with van der Waals surface area (Å²) in [7, 11) is 1.90. The van der Waals surface area contributed by atoms with Crippen LogP contribution < -0.4 is 5.32 Å². The SMILES string of the molecule is CNC(C)c1noc(C2CCCSC2)n1. The lowest BCUT2D eigenvalue weighted by Crippen LogP contribution is -2.14. The molecule has 1 aromatic heterocycles. The van der Waals surface area contributed by atoms with Crippen LogP contribution in [-0.2, 0) is 0 Å². The van der Waals surface area contributed by atoms with Crippen LogP contribution in [-0.4, -0.2) is 28.7 Å². The van der Waals surface area contributed by atoms with Gasteiger partial charge >= 0.3 is 0 Å². The van der Waals surface area contributed by atoms with Gasteiger partial charge in [-0.1, -0.05) is 5.16 Å². The largest absolute Gasteiger partial charge is 0.339 e. The van der Waals surface area contributed by atoms with E-state index in [2.05, 4.69) is 15.5 Å². The summed E-state index contributed by atoms with van der Waals surface area (Å²) in [5.41, 5.74) is 0. The van der Waals surface area contributed by atoms with Crippen LogP contribution in [0.15, 0.2) is 4.52 Å². The molecule has 2 heterocycles. The Morgan fingerprint density at radius 3 is 3.13 bits per heavy atom. The summed E-state index contributed by atoms with van der Waals surface area (Å²) in [6.45, 7) is 2.03. The Balaban J connectivity index is 2.05. The van der Waals surface area contributed by atoms with E-state index in [-0.39, 0.29) is 6.04 Å². The van der Waals surface area contributed by atoms with E-state index >= 15 is 0 Å². The normalized spacial score (nSPS) is 24.0. The third kappa shape index (κ3) is 2.52. The lowest BCUT2D eigenvalue weighted by atomic mass is 10.1. The van der Waals surface area contributed by atoms with E-state index in [9.17, 15) is 0 Å². The lowest BCUT2D eigenvalue weighted by Gasteiger charge is -2.16. The molecule has 4 nitrogen and oxygen atoms in total. The van der Waals surface area contributed by atoms with E-state index in [0.29, 0.717) is 5.92 Å². The summed E-state index contributed by atoms with van der Waals surface area (Å²) in [6.07, 6.45) is 2.44. The summed E-state index contributed by atoms with van der Waals surface area (Å²) in [6, 6.07) is 0.166. The van der Waals surface area contributed by atoms with Crippen LogP contribution in [0.3, 0.4) is 0 Å². The number of hydrogen-bond donors (Lipinski definition) is 1. The van der Waals surface area contributed by atoms with Gasteiger partial charge in [0.2, 0.25) is 5.89 Å². The van der Waals surface area contributed by atoms with E-state index in [4.69, 9.17) is 4.52 Å². The average molecular weight is 227 g/mol. The van der Waals surface area contributed by atoms with Crippen LogP contribution >= 0.6 is 11.8 Å². The topological polar surface area (TPSA) is 51.0 Å². The number of aromatic nitrogens is 2. The minimum Gasteiger partial charge on any atom is -0.339 e. The molecule has 0 aromatic carbocycles. The summed E-state index contributed by atoms with van der Waals surface area (Å²) >= 11 is 1.98. The van der Waals surface area contributed by atoms with Gasteiger partial charge in [0, 0.05) is 11.7 Å². The Bertz CT molecular complexity index is 309. The first-order chi connectivity index (χ1) is 7.31. The van der Waals surface area contributed by atoms with Crippen molar-refractivity contribution in [3.63, 3.8) is 0 Å². The van der Waals surface area contributed by atoms with Crippen molar-refractivity contribution in [2.75, 3.05) is 18.6 Å². The maximum absolute atomic E-state index is 5.31. The van der Waals surface area contributed by atoms with Crippen LogP contribution in [0.1, 0.15) is 43.4 Å². The van der Waals surface area contributed by atoms with E-state index in [1.165, 1.54) is 18.6 Å². The van der Waals surface area contributed by atoms with Gasteiger partial charge in [0.15, 0.2) is 5.82 Å². The van der Waals surface area contributed by atoms with E-state index < -0.39 is 0 Å². The fraction of sp³-hybridized carbons (Fsp3) is 0.800. The first-order valence-electron chi connectivity index (χ1n) is 5.39. The molecule has 2 atom stereocenters. The van der Waals surface area contributed by atoms with Crippen LogP contribution in [0.5, 0.6) is 0 Å². The minimum atomic E-state index is 0.166. The van der Waals surface area contributed by atoms with Gasteiger partial charge in [-0.3, -0.25) is 0 Å². The van der Waals surface area contributed by atoms with Crippen molar-refractivity contribution in [2.24, 2.45) is 0 Å². The predicted molar refractivity (Wildman–Crippen MR) is 61.1 cm³/mol. The number of thioether (sulfide) groups is 1. The number of nitrogens with zero attached hydrogens (tertiary/aromatic N) is 2. The van der Waals surface area contributed by atoms with Gasteiger partial charge in [-0.15, -0.1) is 0 Å². The van der Waals surface area contributed by atoms with Crippen LogP contribution in [0, 0.1) is 0 Å². The molecular formula is C10H17N3OS. The zero-order valence-corrected chi connectivity index (χ0v) is 10.0. The molecule has 0 radical (unpaired) electrons. The van der Waals surface area contributed by atoms with Gasteiger partial charge in [0.25, 0.3) is 0 Å². The Hall–Kier alpha value is -0.550. The fourth-order valence-corrected chi connectivity index (χ4v) is 2.78. The standard InChI is InChI=1S/C10H17N3OS/c1-7(11-2)9-12-10(14-13-9)8-4-3-5-15-6-8/h7-8,11H,3-6H2,1-2H3. The maximum atomic E-state index is 5.31. The molecule has 84 valence electrons. The van der Waals surface area contributed by atoms with Crippen molar-refractivity contribution in [3.05, 3.63) is 11.7 Å². The molecule has 15 heavy (non-hydrogen) atoms. The third-order valence-electron chi connectivity index (χ3n) is 2.79. The highest BCUT2D eigenvalue weighted by Gasteiger charge is 2.22. The van der Waals surface area contributed by atoms with Crippen molar-refractivity contribution in [3.8, 4) is 0 Å². The van der Waals surface area contributed by atoms with Crippen LogP contribution in [0.2, 0.25) is 0 Å². The molecule has 1 saturated heterocycles. The van der Waals surface area contributed by atoms with Crippen LogP contribution in [0.4, 0.5) is 0 Å². The molecule has 0 aliphatic carbocycles. The summed E-state index contributed by atoms with van der Waals surface area (Å²) in [5.74, 6) is 4.44. The van der Waals surface area contributed by atoms with Gasteiger partial charge in [0.05, 0.1) is 6.04 Å². The molecule has 0 saturated carbocycles. The summed E-state index contributed by atoms with van der Waals surface area (Å²) < 4.78 is 5.31. The van der Waals surface area contributed by atoms with Crippen molar-refractivity contribution >= 4 is 11.8 Å². The lowest BCUT2D eigenvalue weighted by molar-refractivity contribution is 0.346. The number of hydrogen-bond acceptors (Lipinski definition) is 5. The monoisotopic (exact) mass is 227 g/mol. The van der Waals surface area contributed by atoms with Crippen molar-refractivity contribution < 1.29 is 4.52 Å². The first-order valence-corrected chi connectivity index (χ1v) is 6.55. The summed E-state index contributed by atoms with van der Waals surface area (Å²) in [4.78, 5) is 4.45. The van der Waals surface area contributed by atoms with Crippen LogP contribution in [0.25, 0.3) is 0 Å². The molecule has 1 aliphatic heterocycles. The average Bonchev–Trinajstić information content (AvgIpc) is 2.78. The van der Waals surface area contributed by atoms with Gasteiger partial charge in [-0.25, -0.2) is 0 Å². The molecule has 2 unspecified atom stereocenters. The zero-order chi connectivity index (χ0) is 10.7. The second-order valence-corrected chi connectivity index (χ2v) is 5.07. The van der Waals surface area contributed by atoms with Gasteiger partial charge in [0.1, 0.15) is 0 Å². The minimum absolute atomic E-state index is 0.166. The molecule has 2 rings (SSSR count). The highest BCUT2D eigenvalue weighted by molar-refractivity contribution is 7.99. The molecule has 1 N–H and O–H groups in total. The fourth-order valence-electron chi connectivity index (χ4n) is 1.65. The molecule has 5 heteroatoms. The quantitative estimate of drug-likeness (QED) is 0.855. The highest BCUT2D eigenvalue weighted by atomic mass is 32.2. The molecule has 0 bridgehead atoms. The Labute approximate surface area is 94.2 Å². The van der Waals surface area contributed by atoms with Crippen molar-refractivity contribution in [1.29, 1.82) is 0 Å². The van der Waals surface area contributed by atoms with Gasteiger partial charge in [-0.05, 0) is 32.6 Å². The number of nitrogens with one attached hydrogen (secondary N) is 1. The second kappa shape index (κ2) is 4.99. The highest BCUT2D eigenvalue weighted by Crippen LogP contribution is 2.30. The Morgan fingerprint density at radius 2 is 2.47 bits per heavy atom. The zero-order valence-electron chi connectivity index (χ0n) is 9.19. The second-order valence-electron chi connectivity index (χ2n) is 3.92. The van der Waals surface area contributed by atoms with Crippen molar-refractivity contribution in [2.45, 2.75) is 31.7 Å². The van der Waals surface area contributed by atoms with E-state index in [1.807, 2.05) is 25.7 Å². The smallest absolute Gasteiger partial charge is 0.230 e. The summed E-state index contributed by atoms with van der Waals surface area (Å²) in [5, 5.41) is 7.11. The maximum Gasteiger partial charge on any atom is 0.230 e. The van der Waals surface area contributed by atoms with Crippen molar-refractivity contribution in [1.82, 2.24) is 15.5 Å². The van der Waals surface area contributed by atoms with Gasteiger partial charge < -0.3 is 9.84 Å². The molecule has 0 amide bonds. The van der Waals surface area contributed by atoms with E-state index in [1.54, 1.807) is 0 Å². The van der Waals surface area contributed by atoms with Gasteiger partial charge in [-0.2, -0.15) is 16.7 Å². The third-order valence-corrected chi connectivity index (χ3v) is 4.00. The molecule has 1 aromatic rings. The predicted octanol–water partition coefficient (Wildman–Crippen LogP) is 1.96. The molecule has 0 spiro atoms. The Kier molecular flexibility index (Phi) is 3.64.